The van der Waals surface area contributed by atoms with Crippen LogP contribution >= 0.6 is 0 Å². The predicted octanol–water partition coefficient (Wildman–Crippen LogP) is 3.58. The van der Waals surface area contributed by atoms with E-state index < -0.39 is 11.7 Å². The van der Waals surface area contributed by atoms with Gasteiger partial charge in [-0.2, -0.15) is 13.2 Å². The molecule has 0 bridgehead atoms. The van der Waals surface area contributed by atoms with E-state index in [4.69, 9.17) is 9.15 Å². The zero-order valence-corrected chi connectivity index (χ0v) is 9.49. The van der Waals surface area contributed by atoms with Crippen molar-refractivity contribution >= 4 is 0 Å². The van der Waals surface area contributed by atoms with Crippen LogP contribution in [-0.2, 0) is 12.8 Å². The monoisotopic (exact) mass is 257 g/mol. The number of nitrogens with zero attached hydrogens (tertiary/aromatic N) is 1. The number of hydrogen-bond acceptors (Lipinski definition) is 3. The van der Waals surface area contributed by atoms with Crippen molar-refractivity contribution < 1.29 is 22.3 Å². The predicted molar refractivity (Wildman–Crippen MR) is 57.0 cm³/mol. The van der Waals surface area contributed by atoms with E-state index in [1.54, 1.807) is 6.92 Å². The fraction of sp³-hybridized carbons (Fsp3) is 0.250. The van der Waals surface area contributed by atoms with Crippen molar-refractivity contribution in [3.63, 3.8) is 0 Å². The van der Waals surface area contributed by atoms with Gasteiger partial charge in [0.2, 0.25) is 5.89 Å². The van der Waals surface area contributed by atoms with Gasteiger partial charge in [0, 0.05) is 0 Å². The Balaban J connectivity index is 2.06. The highest BCUT2D eigenvalue weighted by Gasteiger charge is 2.30. The minimum atomic E-state index is -4.38. The molecule has 2 rings (SSSR count). The van der Waals surface area contributed by atoms with Gasteiger partial charge in [0.25, 0.3) is 0 Å². The average molecular weight is 257 g/mol. The minimum Gasteiger partial charge on any atom is -0.484 e. The summed E-state index contributed by atoms with van der Waals surface area (Å²) in [5.74, 6) is 0.450. The van der Waals surface area contributed by atoms with E-state index in [9.17, 15) is 13.2 Å². The SMILES string of the molecule is Cc1coc(COc2cccc(C(F)(F)F)c2)n1. The first-order chi connectivity index (χ1) is 8.45. The van der Waals surface area contributed by atoms with Crippen molar-refractivity contribution in [1.29, 1.82) is 0 Å². The third-order valence-corrected chi connectivity index (χ3v) is 2.19. The molecule has 96 valence electrons. The summed E-state index contributed by atoms with van der Waals surface area (Å²) in [5, 5.41) is 0. The highest BCUT2D eigenvalue weighted by atomic mass is 19.4. The van der Waals surface area contributed by atoms with E-state index in [0.717, 1.165) is 12.1 Å². The molecular weight excluding hydrogens is 247 g/mol. The van der Waals surface area contributed by atoms with Crippen molar-refractivity contribution in [2.24, 2.45) is 0 Å². The lowest BCUT2D eigenvalue weighted by atomic mass is 10.2. The molecule has 0 aliphatic carbocycles. The van der Waals surface area contributed by atoms with Gasteiger partial charge in [0.1, 0.15) is 12.0 Å². The van der Waals surface area contributed by atoms with Crippen LogP contribution in [0, 0.1) is 6.92 Å². The molecule has 0 saturated heterocycles. The quantitative estimate of drug-likeness (QED) is 0.843. The Bertz CT molecular complexity index is 534. The number of benzene rings is 1. The van der Waals surface area contributed by atoms with Gasteiger partial charge in [-0.3, -0.25) is 0 Å². The van der Waals surface area contributed by atoms with Crippen molar-refractivity contribution in [2.45, 2.75) is 19.7 Å². The fourth-order valence-corrected chi connectivity index (χ4v) is 1.38. The third-order valence-electron chi connectivity index (χ3n) is 2.19. The average Bonchev–Trinajstić information content (AvgIpc) is 2.72. The highest BCUT2D eigenvalue weighted by Crippen LogP contribution is 2.31. The van der Waals surface area contributed by atoms with Gasteiger partial charge in [-0.15, -0.1) is 0 Å². The standard InChI is InChI=1S/C12H10F3NO2/c1-8-6-18-11(16-8)7-17-10-4-2-3-9(5-10)12(13,14)15/h2-6H,7H2,1H3. The van der Waals surface area contributed by atoms with Crippen molar-refractivity contribution in [3.05, 3.63) is 47.7 Å². The molecule has 0 atom stereocenters. The van der Waals surface area contributed by atoms with Crippen LogP contribution in [0.2, 0.25) is 0 Å². The van der Waals surface area contributed by atoms with Crippen molar-refractivity contribution in [2.75, 3.05) is 0 Å². The maximum atomic E-state index is 12.4. The molecule has 3 nitrogen and oxygen atoms in total. The number of oxazole rings is 1. The van der Waals surface area contributed by atoms with Gasteiger partial charge in [0.05, 0.1) is 11.3 Å². The molecule has 6 heteroatoms. The number of rotatable bonds is 3. The smallest absolute Gasteiger partial charge is 0.416 e. The normalized spacial score (nSPS) is 11.6. The van der Waals surface area contributed by atoms with Gasteiger partial charge < -0.3 is 9.15 Å². The lowest BCUT2D eigenvalue weighted by molar-refractivity contribution is -0.137. The molecule has 0 N–H and O–H groups in total. The molecule has 2 aromatic rings. The van der Waals surface area contributed by atoms with Crippen LogP contribution in [0.25, 0.3) is 0 Å². The fourth-order valence-electron chi connectivity index (χ4n) is 1.38. The zero-order chi connectivity index (χ0) is 13.2. The molecule has 0 amide bonds. The number of alkyl halides is 3. The van der Waals surface area contributed by atoms with Crippen molar-refractivity contribution in [1.82, 2.24) is 4.98 Å². The number of ether oxygens (including phenoxy) is 1. The molecule has 18 heavy (non-hydrogen) atoms. The maximum Gasteiger partial charge on any atom is 0.416 e. The lowest BCUT2D eigenvalue weighted by Gasteiger charge is -2.08. The second-order valence-electron chi connectivity index (χ2n) is 3.70. The first-order valence-corrected chi connectivity index (χ1v) is 5.16. The molecule has 0 saturated carbocycles. The highest BCUT2D eigenvalue weighted by molar-refractivity contribution is 5.30. The molecule has 1 aromatic heterocycles. The molecule has 1 heterocycles. The van der Waals surface area contributed by atoms with E-state index in [1.165, 1.54) is 18.4 Å². The van der Waals surface area contributed by atoms with Crippen LogP contribution in [0.4, 0.5) is 13.2 Å². The van der Waals surface area contributed by atoms with Crippen LogP contribution < -0.4 is 4.74 Å². The first-order valence-electron chi connectivity index (χ1n) is 5.16. The Morgan fingerprint density at radius 3 is 2.72 bits per heavy atom. The second kappa shape index (κ2) is 4.72. The first kappa shape index (κ1) is 12.5. The summed E-state index contributed by atoms with van der Waals surface area (Å²) in [5.41, 5.74) is -0.0544. The maximum absolute atomic E-state index is 12.4. The molecule has 0 aliphatic heterocycles. The number of aromatic nitrogens is 1. The Kier molecular flexibility index (Phi) is 3.27. The molecule has 0 fully saturated rings. The summed E-state index contributed by atoms with van der Waals surface area (Å²) in [6.45, 7) is 1.74. The van der Waals surface area contributed by atoms with Crippen LogP contribution in [-0.4, -0.2) is 4.98 Å². The summed E-state index contributed by atoms with van der Waals surface area (Å²) >= 11 is 0. The summed E-state index contributed by atoms with van der Waals surface area (Å²) in [4.78, 5) is 3.98. The third kappa shape index (κ3) is 3.03. The van der Waals surface area contributed by atoms with Gasteiger partial charge in [0.15, 0.2) is 6.61 Å². The molecular formula is C12H10F3NO2. The van der Waals surface area contributed by atoms with Crippen LogP contribution in [0.5, 0.6) is 5.75 Å². The molecule has 0 aliphatic rings. The van der Waals surface area contributed by atoms with E-state index in [0.29, 0.717) is 11.6 Å². The van der Waals surface area contributed by atoms with Crippen molar-refractivity contribution in [3.8, 4) is 5.75 Å². The van der Waals surface area contributed by atoms with E-state index in [1.807, 2.05) is 0 Å². The largest absolute Gasteiger partial charge is 0.484 e. The van der Waals surface area contributed by atoms with E-state index >= 15 is 0 Å². The minimum absolute atomic E-state index is 0.00481. The van der Waals surface area contributed by atoms with Gasteiger partial charge in [-0.25, -0.2) is 4.98 Å². The number of aryl methyl sites for hydroxylation is 1. The zero-order valence-electron chi connectivity index (χ0n) is 9.49. The number of hydrogen-bond donors (Lipinski definition) is 0. The molecule has 0 radical (unpaired) electrons. The van der Waals surface area contributed by atoms with Gasteiger partial charge in [-0.05, 0) is 25.1 Å². The Morgan fingerprint density at radius 2 is 2.11 bits per heavy atom. The van der Waals surface area contributed by atoms with E-state index in [2.05, 4.69) is 4.98 Å². The summed E-state index contributed by atoms with van der Waals surface area (Å²) in [6, 6.07) is 4.67. The van der Waals surface area contributed by atoms with Crippen LogP contribution in [0.15, 0.2) is 34.9 Å². The molecule has 0 spiro atoms. The summed E-state index contributed by atoms with van der Waals surface area (Å²) in [6.07, 6.45) is -2.93. The molecule has 0 unspecified atom stereocenters. The van der Waals surface area contributed by atoms with E-state index in [-0.39, 0.29) is 12.4 Å². The topological polar surface area (TPSA) is 35.3 Å². The van der Waals surface area contributed by atoms with Crippen LogP contribution in [0.3, 0.4) is 0 Å². The summed E-state index contributed by atoms with van der Waals surface area (Å²) in [7, 11) is 0. The molecule has 1 aromatic carbocycles. The Hall–Kier alpha value is -1.98. The lowest BCUT2D eigenvalue weighted by Crippen LogP contribution is -2.05. The Morgan fingerprint density at radius 1 is 1.33 bits per heavy atom. The number of halogens is 3. The van der Waals surface area contributed by atoms with Crippen LogP contribution in [0.1, 0.15) is 17.1 Å². The summed E-state index contributed by atoms with van der Waals surface area (Å²) < 4.78 is 47.6. The second-order valence-corrected chi connectivity index (χ2v) is 3.70. The van der Waals surface area contributed by atoms with Gasteiger partial charge >= 0.3 is 6.18 Å². The Labute approximate surface area is 101 Å². The van der Waals surface area contributed by atoms with Gasteiger partial charge in [-0.1, -0.05) is 6.07 Å².